The van der Waals surface area contributed by atoms with Crippen molar-refractivity contribution < 1.29 is 23.1 Å². The van der Waals surface area contributed by atoms with E-state index in [1.165, 1.54) is 12.1 Å². The van der Waals surface area contributed by atoms with Crippen LogP contribution in [0.2, 0.25) is 0 Å². The van der Waals surface area contributed by atoms with Crippen LogP contribution in [0.25, 0.3) is 0 Å². The van der Waals surface area contributed by atoms with Crippen molar-refractivity contribution in [3.63, 3.8) is 0 Å². The lowest BCUT2D eigenvalue weighted by atomic mass is 10.2. The van der Waals surface area contributed by atoms with E-state index in [0.717, 1.165) is 24.8 Å². The van der Waals surface area contributed by atoms with Gasteiger partial charge < -0.3 is 0 Å². The molecule has 11 heteroatoms. The largest absolute Gasteiger partial charge is 0.303 e. The average Bonchev–Trinajstić information content (AvgIpc) is 2.55. The summed E-state index contributed by atoms with van der Waals surface area (Å²) in [4.78, 5) is 25.0. The maximum atomic E-state index is 12.7. The Kier molecular flexibility index (Phi) is 4.99. The van der Waals surface area contributed by atoms with E-state index in [0.29, 0.717) is 10.5 Å². The number of rotatable bonds is 6. The zero-order valence-electron chi connectivity index (χ0n) is 13.1. The van der Waals surface area contributed by atoms with Crippen LogP contribution >= 0.6 is 0 Å². The van der Waals surface area contributed by atoms with Crippen molar-refractivity contribution in [1.82, 2.24) is 0 Å². The Balaban J connectivity index is 2.62. The lowest BCUT2D eigenvalue weighted by molar-refractivity contribution is -0.393. The molecule has 0 N–H and O–H groups in total. The molecule has 0 heterocycles. The highest BCUT2D eigenvalue weighted by molar-refractivity contribution is 7.92. The average molecular weight is 367 g/mol. The summed E-state index contributed by atoms with van der Waals surface area (Å²) in [6, 6.07) is 8.36. The zero-order valence-corrected chi connectivity index (χ0v) is 14.0. The van der Waals surface area contributed by atoms with E-state index < -0.39 is 36.9 Å². The highest BCUT2D eigenvalue weighted by Gasteiger charge is 2.32. The molecule has 10 nitrogen and oxygen atoms in total. The third-order valence-corrected chi connectivity index (χ3v) is 4.92. The molecular formula is C14H13N3O7S. The van der Waals surface area contributed by atoms with Crippen LogP contribution in [0.3, 0.4) is 0 Å². The van der Waals surface area contributed by atoms with Gasteiger partial charge in [0.25, 0.3) is 15.7 Å². The summed E-state index contributed by atoms with van der Waals surface area (Å²) in [5, 5.41) is 22.0. The second-order valence-electron chi connectivity index (χ2n) is 4.92. The van der Waals surface area contributed by atoms with Crippen molar-refractivity contribution in [2.45, 2.75) is 11.8 Å². The predicted molar refractivity (Wildman–Crippen MR) is 87.6 cm³/mol. The van der Waals surface area contributed by atoms with Crippen LogP contribution in [-0.2, 0) is 14.9 Å². The normalized spacial score (nSPS) is 11.1. The Morgan fingerprint density at radius 2 is 1.60 bits per heavy atom. The highest BCUT2D eigenvalue weighted by Crippen LogP contribution is 2.35. The van der Waals surface area contributed by atoms with Crippen LogP contribution in [0, 0.1) is 27.2 Å². The molecule has 2 rings (SSSR count). The van der Waals surface area contributed by atoms with Crippen molar-refractivity contribution >= 4 is 27.1 Å². The summed E-state index contributed by atoms with van der Waals surface area (Å²) in [5.74, 6) is 0. The first-order valence-corrected chi connectivity index (χ1v) is 8.21. The highest BCUT2D eigenvalue weighted by atomic mass is 32.2. The Bertz CT molecular complexity index is 926. The van der Waals surface area contributed by atoms with Gasteiger partial charge in [0, 0.05) is 6.07 Å². The molecule has 0 unspecified atom stereocenters. The zero-order chi connectivity index (χ0) is 18.8. The first-order valence-electron chi connectivity index (χ1n) is 6.77. The third-order valence-electron chi connectivity index (χ3n) is 3.27. The van der Waals surface area contributed by atoms with E-state index in [2.05, 4.69) is 0 Å². The first kappa shape index (κ1) is 18.3. The van der Waals surface area contributed by atoms with Crippen molar-refractivity contribution in [1.29, 1.82) is 0 Å². The molecule has 2 aromatic rings. The molecule has 0 atom stereocenters. The Morgan fingerprint density at radius 1 is 1.00 bits per heavy atom. The lowest BCUT2D eigenvalue weighted by Gasteiger charge is -2.21. The molecule has 0 radical (unpaired) electrons. The summed E-state index contributed by atoms with van der Waals surface area (Å²) in [5.41, 5.74) is -0.936. The minimum absolute atomic E-state index is 0.146. The van der Waals surface area contributed by atoms with Crippen LogP contribution in [0.4, 0.5) is 17.1 Å². The van der Waals surface area contributed by atoms with E-state index in [1.807, 2.05) is 0 Å². The van der Waals surface area contributed by atoms with Crippen LogP contribution in [0.15, 0.2) is 47.4 Å². The third kappa shape index (κ3) is 3.56. The predicted octanol–water partition coefficient (Wildman–Crippen LogP) is 2.57. The quantitative estimate of drug-likeness (QED) is 0.566. The molecule has 0 aliphatic rings. The van der Waals surface area contributed by atoms with E-state index in [-0.39, 0.29) is 4.90 Å². The number of sulfonamides is 1. The minimum Gasteiger partial charge on any atom is -0.262 e. The molecule has 0 amide bonds. The smallest absolute Gasteiger partial charge is 0.262 e. The fourth-order valence-electron chi connectivity index (χ4n) is 2.06. The topological polar surface area (TPSA) is 133 Å². The number of hydrogen-bond donors (Lipinski definition) is 0. The molecule has 2 aromatic carbocycles. The molecule has 0 aromatic heterocycles. The van der Waals surface area contributed by atoms with Crippen LogP contribution < -0.4 is 4.47 Å². The number of non-ortho nitro benzene ring substituents is 1. The standard InChI is InChI=1S/C14H13N3O7S/c1-10-3-6-12(7-4-10)25(22,23)17(24-2)13-8-5-11(15(18)19)9-14(13)16(20)21/h3-9H,1-2H3. The summed E-state index contributed by atoms with van der Waals surface area (Å²) in [7, 11) is -3.25. The number of aryl methyl sites for hydroxylation is 1. The van der Waals surface area contributed by atoms with Gasteiger partial charge in [0.05, 0.1) is 27.9 Å². The molecule has 0 fully saturated rings. The molecule has 0 spiro atoms. The number of nitrogens with zero attached hydrogens (tertiary/aromatic N) is 3. The van der Waals surface area contributed by atoms with Gasteiger partial charge >= 0.3 is 5.69 Å². The Morgan fingerprint density at radius 3 is 2.08 bits per heavy atom. The molecule has 0 aliphatic carbocycles. The van der Waals surface area contributed by atoms with Gasteiger partial charge in [-0.05, 0) is 25.1 Å². The van der Waals surface area contributed by atoms with Crippen molar-refractivity contribution in [2.24, 2.45) is 0 Å². The second kappa shape index (κ2) is 6.83. The lowest BCUT2D eigenvalue weighted by Crippen LogP contribution is -2.30. The van der Waals surface area contributed by atoms with Gasteiger partial charge in [-0.1, -0.05) is 17.7 Å². The van der Waals surface area contributed by atoms with Gasteiger partial charge in [-0.3, -0.25) is 25.1 Å². The summed E-state index contributed by atoms with van der Waals surface area (Å²) in [6.45, 7) is 1.77. The molecular weight excluding hydrogens is 354 g/mol. The van der Waals surface area contributed by atoms with Crippen LogP contribution in [0.1, 0.15) is 5.56 Å². The van der Waals surface area contributed by atoms with Gasteiger partial charge in [0.15, 0.2) is 5.69 Å². The fourth-order valence-corrected chi connectivity index (χ4v) is 3.34. The molecule has 0 saturated carbocycles. The monoisotopic (exact) mass is 367 g/mol. The van der Waals surface area contributed by atoms with E-state index in [9.17, 15) is 28.6 Å². The number of nitro groups is 2. The molecule has 25 heavy (non-hydrogen) atoms. The van der Waals surface area contributed by atoms with Gasteiger partial charge in [-0.2, -0.15) is 8.42 Å². The van der Waals surface area contributed by atoms with Crippen molar-refractivity contribution in [3.8, 4) is 0 Å². The number of hydrogen-bond acceptors (Lipinski definition) is 7. The van der Waals surface area contributed by atoms with E-state index in [1.54, 1.807) is 19.1 Å². The second-order valence-corrected chi connectivity index (χ2v) is 6.67. The maximum absolute atomic E-state index is 12.7. The maximum Gasteiger partial charge on any atom is 0.303 e. The minimum atomic E-state index is -4.27. The van der Waals surface area contributed by atoms with Gasteiger partial charge in [-0.25, -0.2) is 0 Å². The van der Waals surface area contributed by atoms with Crippen molar-refractivity contribution in [2.75, 3.05) is 11.6 Å². The SMILES string of the molecule is CON(c1ccc([N+](=O)[O-])cc1[N+](=O)[O-])S(=O)(=O)c1ccc(C)cc1. The molecule has 0 saturated heterocycles. The first-order chi connectivity index (χ1) is 11.7. The number of anilines is 1. The van der Waals surface area contributed by atoms with Gasteiger partial charge in [0.1, 0.15) is 0 Å². The summed E-state index contributed by atoms with van der Waals surface area (Å²) >= 11 is 0. The summed E-state index contributed by atoms with van der Waals surface area (Å²) in [6.07, 6.45) is 0. The van der Waals surface area contributed by atoms with Gasteiger partial charge in [-0.15, -0.1) is 4.47 Å². The fraction of sp³-hybridized carbons (Fsp3) is 0.143. The van der Waals surface area contributed by atoms with E-state index >= 15 is 0 Å². The van der Waals surface area contributed by atoms with Gasteiger partial charge in [0.2, 0.25) is 0 Å². The van der Waals surface area contributed by atoms with Crippen molar-refractivity contribution in [3.05, 3.63) is 68.3 Å². The number of nitro benzene ring substituents is 2. The Hall–Kier alpha value is -3.05. The molecule has 0 aliphatic heterocycles. The van der Waals surface area contributed by atoms with Crippen LogP contribution in [-0.4, -0.2) is 25.4 Å². The number of benzene rings is 2. The Labute approximate surface area is 142 Å². The molecule has 0 bridgehead atoms. The van der Waals surface area contributed by atoms with E-state index in [4.69, 9.17) is 4.84 Å². The molecule has 132 valence electrons. The van der Waals surface area contributed by atoms with Crippen LogP contribution in [0.5, 0.6) is 0 Å². The summed E-state index contributed by atoms with van der Waals surface area (Å²) < 4.78 is 25.8.